The molecule has 0 saturated heterocycles. The molecule has 2 atom stereocenters. The molecule has 0 aromatic heterocycles. The summed E-state index contributed by atoms with van der Waals surface area (Å²) in [6.45, 7) is 4.05. The molecule has 2 aromatic carbocycles. The van der Waals surface area contributed by atoms with Crippen LogP contribution in [0.3, 0.4) is 0 Å². The number of rotatable bonds is 4. The molecule has 21 heavy (non-hydrogen) atoms. The summed E-state index contributed by atoms with van der Waals surface area (Å²) in [6.07, 6.45) is 0. The van der Waals surface area contributed by atoms with Crippen LogP contribution in [0, 0.1) is 13.8 Å². The Morgan fingerprint density at radius 3 is 2.33 bits per heavy atom. The molecule has 0 radical (unpaired) electrons. The van der Waals surface area contributed by atoms with Gasteiger partial charge in [-0.15, -0.1) is 0 Å². The molecule has 0 heterocycles. The Hall–Kier alpha value is -1.13. The smallest absolute Gasteiger partial charge is 0.239 e. The second-order valence-electron chi connectivity index (χ2n) is 4.95. The lowest BCUT2D eigenvalue weighted by Crippen LogP contribution is -2.26. The summed E-state index contributed by atoms with van der Waals surface area (Å²) in [5.74, 6) is -0.0607. The zero-order valence-corrected chi connectivity index (χ0v) is 15.1. The minimum Gasteiger partial charge on any atom is -0.325 e. The van der Waals surface area contributed by atoms with Crippen LogP contribution < -0.4 is 5.32 Å². The van der Waals surface area contributed by atoms with Crippen molar-refractivity contribution < 1.29 is 4.79 Å². The van der Waals surface area contributed by atoms with E-state index in [2.05, 4.69) is 37.2 Å². The second kappa shape index (κ2) is 7.23. The summed E-state index contributed by atoms with van der Waals surface area (Å²) >= 11 is 7.08. The Morgan fingerprint density at radius 1 is 1.00 bits per heavy atom. The highest BCUT2D eigenvalue weighted by Gasteiger charge is 2.25. The third-order valence-electron chi connectivity index (χ3n) is 3.49. The van der Waals surface area contributed by atoms with Gasteiger partial charge in [0.05, 0.1) is 4.83 Å². The summed E-state index contributed by atoms with van der Waals surface area (Å²) in [5.41, 5.74) is 4.18. The molecule has 1 N–H and O–H groups in total. The van der Waals surface area contributed by atoms with Gasteiger partial charge in [0.2, 0.25) is 5.91 Å². The van der Waals surface area contributed by atoms with Gasteiger partial charge in [-0.3, -0.25) is 4.79 Å². The van der Waals surface area contributed by atoms with Gasteiger partial charge in [0.15, 0.2) is 0 Å². The fraction of sp³-hybridized carbons (Fsp3) is 0.235. The number of carbonyl (C=O) groups excluding carboxylic acids is 1. The zero-order chi connectivity index (χ0) is 15.4. The molecular weight excluding hydrogens is 394 g/mol. The fourth-order valence-corrected chi connectivity index (χ4v) is 2.99. The molecule has 0 fully saturated rings. The Morgan fingerprint density at radius 2 is 1.67 bits per heavy atom. The quantitative estimate of drug-likeness (QED) is 0.694. The van der Waals surface area contributed by atoms with Crippen molar-refractivity contribution in [1.82, 2.24) is 0 Å². The lowest BCUT2D eigenvalue weighted by Gasteiger charge is -2.18. The van der Waals surface area contributed by atoms with Crippen molar-refractivity contribution in [2.24, 2.45) is 0 Å². The van der Waals surface area contributed by atoms with E-state index >= 15 is 0 Å². The van der Waals surface area contributed by atoms with Gasteiger partial charge in [0.25, 0.3) is 0 Å². The molecule has 4 heteroatoms. The lowest BCUT2D eigenvalue weighted by atomic mass is 10.1. The minimum atomic E-state index is -0.347. The predicted molar refractivity (Wildman–Crippen MR) is 95.4 cm³/mol. The van der Waals surface area contributed by atoms with Crippen LogP contribution in [0.15, 0.2) is 48.5 Å². The van der Waals surface area contributed by atoms with E-state index in [0.717, 1.165) is 22.4 Å². The van der Waals surface area contributed by atoms with Crippen LogP contribution in [0.5, 0.6) is 0 Å². The molecule has 0 bridgehead atoms. The number of benzene rings is 2. The van der Waals surface area contributed by atoms with Gasteiger partial charge in [-0.1, -0.05) is 74.3 Å². The van der Waals surface area contributed by atoms with Gasteiger partial charge in [-0.05, 0) is 36.6 Å². The topological polar surface area (TPSA) is 29.1 Å². The maximum absolute atomic E-state index is 12.4. The number of anilines is 1. The van der Waals surface area contributed by atoms with Crippen LogP contribution >= 0.6 is 31.9 Å². The first kappa shape index (κ1) is 16.2. The van der Waals surface area contributed by atoms with Crippen molar-refractivity contribution >= 4 is 43.5 Å². The van der Waals surface area contributed by atoms with Crippen LogP contribution in [-0.2, 0) is 4.79 Å². The molecule has 110 valence electrons. The number of aryl methyl sites for hydroxylation is 1. The van der Waals surface area contributed by atoms with Crippen molar-refractivity contribution in [3.8, 4) is 0 Å². The van der Waals surface area contributed by atoms with Crippen LogP contribution in [0.25, 0.3) is 0 Å². The molecule has 0 aliphatic rings. The molecule has 2 nitrogen and oxygen atoms in total. The Balaban J connectivity index is 2.11. The fourth-order valence-electron chi connectivity index (χ4n) is 2.03. The van der Waals surface area contributed by atoms with Gasteiger partial charge >= 0.3 is 0 Å². The number of hydrogen-bond donors (Lipinski definition) is 1. The normalized spacial score (nSPS) is 13.5. The predicted octanol–water partition coefficient (Wildman–Crippen LogP) is 5.14. The average Bonchev–Trinajstić information content (AvgIpc) is 2.51. The van der Waals surface area contributed by atoms with E-state index in [-0.39, 0.29) is 15.6 Å². The van der Waals surface area contributed by atoms with Crippen molar-refractivity contribution in [1.29, 1.82) is 0 Å². The number of amides is 1. The van der Waals surface area contributed by atoms with Gasteiger partial charge in [0, 0.05) is 5.69 Å². The molecule has 1 amide bonds. The van der Waals surface area contributed by atoms with E-state index in [1.54, 1.807) is 0 Å². The highest BCUT2D eigenvalue weighted by Crippen LogP contribution is 2.32. The number of nitrogens with one attached hydrogen (secondary N) is 1. The third-order valence-corrected chi connectivity index (χ3v) is 6.20. The first-order valence-electron chi connectivity index (χ1n) is 6.71. The maximum Gasteiger partial charge on any atom is 0.239 e. The van der Waals surface area contributed by atoms with Crippen LogP contribution in [0.4, 0.5) is 5.69 Å². The van der Waals surface area contributed by atoms with E-state index in [9.17, 15) is 4.79 Å². The van der Waals surface area contributed by atoms with Gasteiger partial charge < -0.3 is 5.32 Å². The van der Waals surface area contributed by atoms with Crippen LogP contribution in [-0.4, -0.2) is 10.7 Å². The number of carbonyl (C=O) groups is 1. The highest BCUT2D eigenvalue weighted by atomic mass is 79.9. The van der Waals surface area contributed by atoms with Gasteiger partial charge in [-0.2, -0.15) is 0 Å². The van der Waals surface area contributed by atoms with Crippen LogP contribution in [0.1, 0.15) is 21.5 Å². The summed E-state index contributed by atoms with van der Waals surface area (Å²) in [6, 6.07) is 15.8. The van der Waals surface area contributed by atoms with E-state index in [0.29, 0.717) is 0 Å². The maximum atomic E-state index is 12.4. The third kappa shape index (κ3) is 3.95. The van der Waals surface area contributed by atoms with Crippen molar-refractivity contribution in [2.75, 3.05) is 5.32 Å². The number of halogens is 2. The summed E-state index contributed by atoms with van der Waals surface area (Å²) < 4.78 is 0. The molecular formula is C17H17Br2NO. The van der Waals surface area contributed by atoms with Crippen molar-refractivity contribution in [3.63, 3.8) is 0 Å². The summed E-state index contributed by atoms with van der Waals surface area (Å²) in [7, 11) is 0. The van der Waals surface area contributed by atoms with Crippen molar-refractivity contribution in [3.05, 3.63) is 65.2 Å². The SMILES string of the molecule is Cc1cccc(NC(=O)[C@H](Br)[C@@H](Br)c2ccccc2)c1C. The second-order valence-corrected chi connectivity index (χ2v) is 6.92. The molecule has 2 aromatic rings. The van der Waals surface area contributed by atoms with E-state index in [1.165, 1.54) is 0 Å². The summed E-state index contributed by atoms with van der Waals surface area (Å²) in [4.78, 5) is 12.0. The largest absolute Gasteiger partial charge is 0.325 e. The highest BCUT2D eigenvalue weighted by molar-refractivity contribution is 9.12. The van der Waals surface area contributed by atoms with Crippen molar-refractivity contribution in [2.45, 2.75) is 23.5 Å². The Labute approximate surface area is 142 Å². The van der Waals surface area contributed by atoms with E-state index < -0.39 is 0 Å². The lowest BCUT2D eigenvalue weighted by molar-refractivity contribution is -0.115. The molecule has 0 aliphatic carbocycles. The molecule has 0 spiro atoms. The summed E-state index contributed by atoms with van der Waals surface area (Å²) in [5, 5.41) is 2.99. The molecule has 0 aliphatic heterocycles. The van der Waals surface area contributed by atoms with E-state index in [4.69, 9.17) is 0 Å². The number of alkyl halides is 2. The standard InChI is InChI=1S/C17H17Br2NO/c1-11-7-6-10-14(12(11)2)20-17(21)16(19)15(18)13-8-4-3-5-9-13/h3-10,15-16H,1-2H3,(H,20,21)/t15-,16+/m0/s1. The van der Waals surface area contributed by atoms with Gasteiger partial charge in [0.1, 0.15) is 4.83 Å². The Bertz CT molecular complexity index is 628. The monoisotopic (exact) mass is 409 g/mol. The molecule has 0 saturated carbocycles. The molecule has 0 unspecified atom stereocenters. The Kier molecular flexibility index (Phi) is 5.59. The zero-order valence-electron chi connectivity index (χ0n) is 11.9. The minimum absolute atomic E-state index is 0.0607. The van der Waals surface area contributed by atoms with Crippen LogP contribution in [0.2, 0.25) is 0 Å². The first-order valence-corrected chi connectivity index (χ1v) is 8.54. The van der Waals surface area contributed by atoms with E-state index in [1.807, 2.05) is 62.4 Å². The number of hydrogen-bond acceptors (Lipinski definition) is 1. The van der Waals surface area contributed by atoms with Gasteiger partial charge in [-0.25, -0.2) is 0 Å². The first-order chi connectivity index (χ1) is 10.0. The molecule has 2 rings (SSSR count). The average molecular weight is 411 g/mol.